The van der Waals surface area contributed by atoms with Crippen molar-refractivity contribution < 1.29 is 4.42 Å². The molecule has 47 heavy (non-hydrogen) atoms. The summed E-state index contributed by atoms with van der Waals surface area (Å²) in [5.41, 5.74) is 10.1. The van der Waals surface area contributed by atoms with Gasteiger partial charge >= 0.3 is 0 Å². The summed E-state index contributed by atoms with van der Waals surface area (Å²) in [4.78, 5) is 10.4. The average molecular weight is 599 g/mol. The van der Waals surface area contributed by atoms with E-state index in [-0.39, 0.29) is 0 Å². The Morgan fingerprint density at radius 3 is 1.79 bits per heavy atom. The van der Waals surface area contributed by atoms with Gasteiger partial charge in [-0.1, -0.05) is 127 Å². The van der Waals surface area contributed by atoms with Gasteiger partial charge in [0.1, 0.15) is 11.2 Å². The van der Waals surface area contributed by atoms with Crippen LogP contribution in [0, 0.1) is 0 Å². The molecule has 0 saturated heterocycles. The molecule has 0 fully saturated rings. The normalized spacial score (nSPS) is 11.8. The van der Waals surface area contributed by atoms with Crippen LogP contribution in [0.4, 0.5) is 0 Å². The lowest BCUT2D eigenvalue weighted by atomic mass is 9.92. The van der Waals surface area contributed by atoms with Crippen LogP contribution >= 0.6 is 0 Å². The predicted octanol–water partition coefficient (Wildman–Crippen LogP) is 12.0. The van der Waals surface area contributed by atoms with Crippen LogP contribution in [0.2, 0.25) is 0 Å². The molecule has 3 heterocycles. The fraction of sp³-hybridized carbons (Fsp3) is 0. The second kappa shape index (κ2) is 10.1. The number of nitrogens with zero attached hydrogens (tertiary/aromatic N) is 2. The zero-order chi connectivity index (χ0) is 30.9. The lowest BCUT2D eigenvalue weighted by Crippen LogP contribution is -1.92. The van der Waals surface area contributed by atoms with Gasteiger partial charge in [0.2, 0.25) is 0 Å². The summed E-state index contributed by atoms with van der Waals surface area (Å²) in [6.45, 7) is 0. The maximum absolute atomic E-state index is 6.15. The molecule has 0 spiro atoms. The van der Waals surface area contributed by atoms with E-state index >= 15 is 0 Å². The Morgan fingerprint density at radius 1 is 0.362 bits per heavy atom. The molecule has 0 aliphatic rings. The Labute approximate surface area is 270 Å². The Bertz CT molecular complexity index is 2850. The highest BCUT2D eigenvalue weighted by atomic mass is 16.3. The molecule has 0 atom stereocenters. The molecule has 10 aromatic rings. The highest BCUT2D eigenvalue weighted by Crippen LogP contribution is 2.40. The number of para-hydroxylation sites is 1. The van der Waals surface area contributed by atoms with E-state index in [4.69, 9.17) is 14.4 Å². The monoisotopic (exact) mass is 598 g/mol. The van der Waals surface area contributed by atoms with Crippen molar-refractivity contribution in [2.24, 2.45) is 0 Å². The molecule has 0 amide bonds. The quantitative estimate of drug-likeness (QED) is 0.190. The van der Waals surface area contributed by atoms with Gasteiger partial charge in [-0.05, 0) is 63.0 Å². The third kappa shape index (κ3) is 4.07. The van der Waals surface area contributed by atoms with Crippen LogP contribution in [-0.4, -0.2) is 9.97 Å². The minimum atomic E-state index is 0.915. The maximum Gasteiger partial charge on any atom is 0.136 e. The zero-order valence-corrected chi connectivity index (χ0v) is 25.3. The molecule has 0 radical (unpaired) electrons. The molecular weight excluding hydrogens is 572 g/mol. The van der Waals surface area contributed by atoms with Crippen molar-refractivity contribution in [3.05, 3.63) is 158 Å². The minimum absolute atomic E-state index is 0.915. The van der Waals surface area contributed by atoms with E-state index in [9.17, 15) is 0 Å². The molecule has 0 N–H and O–H groups in total. The number of furan rings is 1. The van der Waals surface area contributed by atoms with Crippen molar-refractivity contribution in [2.75, 3.05) is 0 Å². The Morgan fingerprint density at radius 2 is 0.979 bits per heavy atom. The van der Waals surface area contributed by atoms with Crippen LogP contribution in [-0.2, 0) is 0 Å². The summed E-state index contributed by atoms with van der Waals surface area (Å²) in [7, 11) is 0. The molecule has 3 nitrogen and oxygen atoms in total. The van der Waals surface area contributed by atoms with Crippen molar-refractivity contribution in [2.45, 2.75) is 0 Å². The van der Waals surface area contributed by atoms with E-state index in [1.807, 2.05) is 30.3 Å². The number of benzene rings is 7. The van der Waals surface area contributed by atoms with Gasteiger partial charge in [0.15, 0.2) is 0 Å². The summed E-state index contributed by atoms with van der Waals surface area (Å²) in [6.07, 6.45) is 0. The standard InChI is InChI=1S/C44H26N2O/c1-2-8-27(9-3-1)38-23-17-28-14-15-29-18-24-39(46-44(29)43(28)45-38)36-22-21-32(34-10-4-5-11-35(34)36)30-16-20-33-31(26-30)19-25-41-42(33)37-12-6-7-13-40(37)47-41/h1-26H. The summed E-state index contributed by atoms with van der Waals surface area (Å²) >= 11 is 0. The summed E-state index contributed by atoms with van der Waals surface area (Å²) < 4.78 is 6.15. The molecule has 7 aromatic carbocycles. The van der Waals surface area contributed by atoms with Gasteiger partial charge in [-0.15, -0.1) is 0 Å². The average Bonchev–Trinajstić information content (AvgIpc) is 3.53. The van der Waals surface area contributed by atoms with Gasteiger partial charge < -0.3 is 4.42 Å². The third-order valence-corrected chi connectivity index (χ3v) is 9.46. The summed E-state index contributed by atoms with van der Waals surface area (Å²) in [5.74, 6) is 0. The Hall–Kier alpha value is -6.32. The van der Waals surface area contributed by atoms with E-state index in [2.05, 4.69) is 127 Å². The topological polar surface area (TPSA) is 38.9 Å². The van der Waals surface area contributed by atoms with E-state index < -0.39 is 0 Å². The molecular formula is C44H26N2O. The van der Waals surface area contributed by atoms with Crippen LogP contribution in [0.5, 0.6) is 0 Å². The van der Waals surface area contributed by atoms with Gasteiger partial charge in [-0.3, -0.25) is 0 Å². The second-order valence-electron chi connectivity index (χ2n) is 12.1. The Kier molecular flexibility index (Phi) is 5.57. The van der Waals surface area contributed by atoms with Gasteiger partial charge in [0.25, 0.3) is 0 Å². The first-order valence-corrected chi connectivity index (χ1v) is 15.9. The number of aromatic nitrogens is 2. The van der Waals surface area contributed by atoms with E-state index in [1.54, 1.807) is 0 Å². The molecule has 0 aliphatic heterocycles. The van der Waals surface area contributed by atoms with Crippen LogP contribution in [0.1, 0.15) is 0 Å². The lowest BCUT2D eigenvalue weighted by molar-refractivity contribution is 0.669. The fourth-order valence-corrected chi connectivity index (χ4v) is 7.18. The third-order valence-electron chi connectivity index (χ3n) is 9.46. The van der Waals surface area contributed by atoms with Gasteiger partial charge in [0, 0.05) is 32.7 Å². The highest BCUT2D eigenvalue weighted by molar-refractivity contribution is 6.19. The maximum atomic E-state index is 6.15. The first-order valence-electron chi connectivity index (χ1n) is 15.9. The molecule has 218 valence electrons. The highest BCUT2D eigenvalue weighted by Gasteiger charge is 2.15. The predicted molar refractivity (Wildman–Crippen MR) is 196 cm³/mol. The largest absolute Gasteiger partial charge is 0.456 e. The van der Waals surface area contributed by atoms with Crippen molar-refractivity contribution in [1.29, 1.82) is 0 Å². The summed E-state index contributed by atoms with van der Waals surface area (Å²) in [5, 5.41) is 9.25. The molecule has 0 aliphatic carbocycles. The second-order valence-corrected chi connectivity index (χ2v) is 12.1. The molecule has 10 rings (SSSR count). The van der Waals surface area contributed by atoms with Crippen molar-refractivity contribution in [3.63, 3.8) is 0 Å². The van der Waals surface area contributed by atoms with Crippen molar-refractivity contribution in [3.8, 4) is 33.6 Å². The van der Waals surface area contributed by atoms with Crippen molar-refractivity contribution >= 4 is 65.3 Å². The molecule has 3 heteroatoms. The van der Waals surface area contributed by atoms with E-state index in [0.717, 1.165) is 60.9 Å². The molecule has 0 saturated carbocycles. The first-order chi connectivity index (χ1) is 23.3. The van der Waals surface area contributed by atoms with Gasteiger partial charge in [-0.2, -0.15) is 0 Å². The number of pyridine rings is 2. The van der Waals surface area contributed by atoms with Gasteiger partial charge in [-0.25, -0.2) is 9.97 Å². The van der Waals surface area contributed by atoms with E-state index in [1.165, 1.54) is 38.1 Å². The van der Waals surface area contributed by atoms with Crippen molar-refractivity contribution in [1.82, 2.24) is 9.97 Å². The number of fused-ring (bicyclic) bond motifs is 9. The zero-order valence-electron chi connectivity index (χ0n) is 25.3. The van der Waals surface area contributed by atoms with Crippen LogP contribution in [0.25, 0.3) is 98.9 Å². The van der Waals surface area contributed by atoms with Crippen LogP contribution in [0.15, 0.2) is 162 Å². The van der Waals surface area contributed by atoms with E-state index in [0.29, 0.717) is 0 Å². The summed E-state index contributed by atoms with van der Waals surface area (Å²) in [6, 6.07) is 55.6. The number of rotatable bonds is 3. The lowest BCUT2D eigenvalue weighted by Gasteiger charge is -2.13. The van der Waals surface area contributed by atoms with Gasteiger partial charge in [0.05, 0.1) is 22.4 Å². The smallest absolute Gasteiger partial charge is 0.136 e. The molecule has 0 unspecified atom stereocenters. The Balaban J connectivity index is 1.13. The minimum Gasteiger partial charge on any atom is -0.456 e. The molecule has 3 aromatic heterocycles. The van der Waals surface area contributed by atoms with Crippen LogP contribution < -0.4 is 0 Å². The number of hydrogen-bond donors (Lipinski definition) is 0. The number of hydrogen-bond acceptors (Lipinski definition) is 3. The SMILES string of the molecule is c1ccc(-c2ccc3ccc4ccc(-c5ccc(-c6ccc7c(ccc8oc9ccccc9c87)c6)c6ccccc56)nc4c3n2)cc1. The first kappa shape index (κ1) is 26.0. The molecule has 0 bridgehead atoms. The van der Waals surface area contributed by atoms with Crippen LogP contribution in [0.3, 0.4) is 0 Å². The fourth-order valence-electron chi connectivity index (χ4n) is 7.18.